The number of aromatic nitrogens is 1. The van der Waals surface area contributed by atoms with Crippen molar-refractivity contribution in [3.05, 3.63) is 34.2 Å². The highest BCUT2D eigenvalue weighted by molar-refractivity contribution is 6.35. The lowest BCUT2D eigenvalue weighted by Crippen LogP contribution is -2.11. The zero-order chi connectivity index (χ0) is 11.9. The van der Waals surface area contributed by atoms with Crippen LogP contribution in [0.2, 0.25) is 5.02 Å². The summed E-state index contributed by atoms with van der Waals surface area (Å²) >= 11 is 5.98. The van der Waals surface area contributed by atoms with E-state index in [1.807, 2.05) is 13.8 Å². The Morgan fingerprint density at radius 1 is 1.38 bits per heavy atom. The normalized spacial score (nSPS) is 10.8. The lowest BCUT2D eigenvalue weighted by Gasteiger charge is -2.12. The van der Waals surface area contributed by atoms with Gasteiger partial charge in [0, 0.05) is 5.69 Å². The van der Waals surface area contributed by atoms with E-state index in [1.165, 1.54) is 12.1 Å². The van der Waals surface area contributed by atoms with Crippen LogP contribution in [0.5, 0.6) is 0 Å². The number of benzene rings is 1. The van der Waals surface area contributed by atoms with E-state index in [9.17, 15) is 4.39 Å². The average molecular weight is 240 g/mol. The molecule has 2 rings (SSSR count). The molecule has 0 radical (unpaired) electrons. The fourth-order valence-corrected chi connectivity index (χ4v) is 1.89. The molecule has 16 heavy (non-hydrogen) atoms. The van der Waals surface area contributed by atoms with Gasteiger partial charge in [-0.3, -0.25) is 10.8 Å². The Balaban J connectivity index is 3.02. The first kappa shape index (κ1) is 11.1. The Bertz CT molecular complexity index is 569. The summed E-state index contributed by atoms with van der Waals surface area (Å²) in [6, 6.07) is 2.79. The molecule has 84 valence electrons. The number of fused-ring (bicyclic) bond motifs is 1. The number of nitrogen functional groups attached to an aromatic ring is 1. The molecule has 0 bridgehead atoms. The number of anilines is 1. The number of hydrogen-bond acceptors (Lipinski definition) is 3. The van der Waals surface area contributed by atoms with Crippen LogP contribution < -0.4 is 11.3 Å². The van der Waals surface area contributed by atoms with E-state index in [-0.39, 0.29) is 5.82 Å². The van der Waals surface area contributed by atoms with Gasteiger partial charge in [0.2, 0.25) is 0 Å². The van der Waals surface area contributed by atoms with Crippen LogP contribution in [0.25, 0.3) is 10.9 Å². The second kappa shape index (κ2) is 3.88. The molecule has 0 aliphatic heterocycles. The van der Waals surface area contributed by atoms with Crippen molar-refractivity contribution >= 4 is 28.2 Å². The number of hydrazine groups is 1. The molecular formula is C11H11ClFN3. The summed E-state index contributed by atoms with van der Waals surface area (Å²) in [6.45, 7) is 3.66. The van der Waals surface area contributed by atoms with Crippen LogP contribution in [-0.2, 0) is 0 Å². The summed E-state index contributed by atoms with van der Waals surface area (Å²) in [6.07, 6.45) is 0. The number of rotatable bonds is 1. The molecule has 5 heteroatoms. The van der Waals surface area contributed by atoms with Gasteiger partial charge in [-0.2, -0.15) is 0 Å². The maximum atomic E-state index is 13.7. The Labute approximate surface area is 97.4 Å². The van der Waals surface area contributed by atoms with Gasteiger partial charge in [0.05, 0.1) is 21.6 Å². The van der Waals surface area contributed by atoms with Gasteiger partial charge in [0.25, 0.3) is 0 Å². The van der Waals surface area contributed by atoms with Gasteiger partial charge in [-0.05, 0) is 31.5 Å². The quantitative estimate of drug-likeness (QED) is 0.594. The van der Waals surface area contributed by atoms with Crippen LogP contribution in [0.3, 0.4) is 0 Å². The fourth-order valence-electron chi connectivity index (χ4n) is 1.69. The number of nitrogens with one attached hydrogen (secondary N) is 1. The molecule has 0 atom stereocenters. The summed E-state index contributed by atoms with van der Waals surface area (Å²) in [5, 5.41) is 0.745. The predicted molar refractivity (Wildman–Crippen MR) is 64.0 cm³/mol. The number of halogens is 2. The molecule has 0 saturated carbocycles. The second-order valence-corrected chi connectivity index (χ2v) is 4.00. The van der Waals surface area contributed by atoms with Gasteiger partial charge in [0.1, 0.15) is 5.82 Å². The van der Waals surface area contributed by atoms with Crippen molar-refractivity contribution in [2.45, 2.75) is 13.8 Å². The molecule has 1 aromatic carbocycles. The standard InChI is InChI=1S/C11H11ClFN3/c1-5-6(2)15-11-7(12)3-4-8(13)9(11)10(5)16-14/h3-4H,14H2,1-2H3,(H,15,16). The van der Waals surface area contributed by atoms with Crippen molar-refractivity contribution in [2.75, 3.05) is 5.43 Å². The van der Waals surface area contributed by atoms with E-state index in [0.29, 0.717) is 21.6 Å². The Morgan fingerprint density at radius 2 is 2.06 bits per heavy atom. The molecule has 3 nitrogen and oxygen atoms in total. The number of nitrogens with two attached hydrogens (primary N) is 1. The molecule has 0 saturated heterocycles. The second-order valence-electron chi connectivity index (χ2n) is 3.59. The number of aryl methyl sites for hydroxylation is 1. The van der Waals surface area contributed by atoms with E-state index in [1.54, 1.807) is 0 Å². The average Bonchev–Trinajstić information content (AvgIpc) is 2.26. The summed E-state index contributed by atoms with van der Waals surface area (Å²) < 4.78 is 13.7. The molecule has 1 heterocycles. The summed E-state index contributed by atoms with van der Waals surface area (Å²) in [4.78, 5) is 4.28. The summed E-state index contributed by atoms with van der Waals surface area (Å²) in [5.74, 6) is 5.03. The Kier molecular flexibility index (Phi) is 2.69. The first-order chi connectivity index (χ1) is 7.56. The number of hydrogen-bond donors (Lipinski definition) is 2. The predicted octanol–water partition coefficient (Wildman–Crippen LogP) is 2.93. The van der Waals surface area contributed by atoms with Gasteiger partial charge in [-0.15, -0.1) is 0 Å². The van der Waals surface area contributed by atoms with Crippen LogP contribution in [0.4, 0.5) is 10.1 Å². The van der Waals surface area contributed by atoms with E-state index in [0.717, 1.165) is 11.3 Å². The molecular weight excluding hydrogens is 229 g/mol. The molecule has 0 unspecified atom stereocenters. The van der Waals surface area contributed by atoms with Crippen molar-refractivity contribution in [1.29, 1.82) is 0 Å². The van der Waals surface area contributed by atoms with E-state index in [4.69, 9.17) is 17.4 Å². The van der Waals surface area contributed by atoms with E-state index < -0.39 is 0 Å². The molecule has 0 aliphatic rings. The van der Waals surface area contributed by atoms with Crippen molar-refractivity contribution in [2.24, 2.45) is 5.84 Å². The van der Waals surface area contributed by atoms with Gasteiger partial charge >= 0.3 is 0 Å². The molecule has 0 spiro atoms. The fraction of sp³-hybridized carbons (Fsp3) is 0.182. The zero-order valence-corrected chi connectivity index (χ0v) is 9.69. The maximum Gasteiger partial charge on any atom is 0.134 e. The number of nitrogens with zero attached hydrogens (tertiary/aromatic N) is 1. The highest BCUT2D eigenvalue weighted by Gasteiger charge is 2.14. The third-order valence-corrected chi connectivity index (χ3v) is 2.97. The van der Waals surface area contributed by atoms with Crippen LogP contribution in [0.1, 0.15) is 11.3 Å². The molecule has 0 amide bonds. The Hall–Kier alpha value is -1.39. The maximum absolute atomic E-state index is 13.7. The van der Waals surface area contributed by atoms with Crippen LogP contribution in [0, 0.1) is 19.7 Å². The molecule has 3 N–H and O–H groups in total. The molecule has 0 aliphatic carbocycles. The van der Waals surface area contributed by atoms with Gasteiger partial charge in [0.15, 0.2) is 0 Å². The molecule has 1 aromatic heterocycles. The lowest BCUT2D eigenvalue weighted by atomic mass is 10.1. The van der Waals surface area contributed by atoms with Crippen LogP contribution in [-0.4, -0.2) is 4.98 Å². The van der Waals surface area contributed by atoms with E-state index in [2.05, 4.69) is 10.4 Å². The van der Waals surface area contributed by atoms with E-state index >= 15 is 0 Å². The first-order valence-electron chi connectivity index (χ1n) is 4.77. The number of pyridine rings is 1. The SMILES string of the molecule is Cc1nc2c(Cl)ccc(F)c2c(NN)c1C. The van der Waals surface area contributed by atoms with Gasteiger partial charge < -0.3 is 5.43 Å². The molecule has 0 fully saturated rings. The minimum Gasteiger partial charge on any atom is -0.323 e. The summed E-state index contributed by atoms with van der Waals surface area (Å²) in [5.41, 5.74) is 5.05. The lowest BCUT2D eigenvalue weighted by molar-refractivity contribution is 0.639. The van der Waals surface area contributed by atoms with Crippen LogP contribution >= 0.6 is 11.6 Å². The smallest absolute Gasteiger partial charge is 0.134 e. The van der Waals surface area contributed by atoms with Crippen molar-refractivity contribution in [3.8, 4) is 0 Å². The van der Waals surface area contributed by atoms with Crippen LogP contribution in [0.15, 0.2) is 12.1 Å². The highest BCUT2D eigenvalue weighted by atomic mass is 35.5. The minimum atomic E-state index is -0.386. The first-order valence-corrected chi connectivity index (χ1v) is 5.15. The zero-order valence-electron chi connectivity index (χ0n) is 8.94. The third-order valence-electron chi connectivity index (χ3n) is 2.67. The topological polar surface area (TPSA) is 50.9 Å². The third kappa shape index (κ3) is 1.50. The van der Waals surface area contributed by atoms with Crippen molar-refractivity contribution in [1.82, 2.24) is 4.98 Å². The van der Waals surface area contributed by atoms with Crippen molar-refractivity contribution < 1.29 is 4.39 Å². The van der Waals surface area contributed by atoms with Gasteiger partial charge in [-0.1, -0.05) is 11.6 Å². The summed E-state index contributed by atoms with van der Waals surface area (Å²) in [7, 11) is 0. The molecule has 2 aromatic rings. The highest BCUT2D eigenvalue weighted by Crippen LogP contribution is 2.33. The monoisotopic (exact) mass is 239 g/mol. The Morgan fingerprint density at radius 3 is 2.69 bits per heavy atom. The minimum absolute atomic E-state index is 0.332. The van der Waals surface area contributed by atoms with Gasteiger partial charge in [-0.25, -0.2) is 4.39 Å². The largest absolute Gasteiger partial charge is 0.323 e. The van der Waals surface area contributed by atoms with Crippen molar-refractivity contribution in [3.63, 3.8) is 0 Å².